The molecule has 0 aromatic heterocycles. The van der Waals surface area contributed by atoms with E-state index in [-0.39, 0.29) is 17.6 Å². The second-order valence-electron chi connectivity index (χ2n) is 6.36. The van der Waals surface area contributed by atoms with E-state index < -0.39 is 10.0 Å². The Morgan fingerprint density at radius 2 is 1.55 bits per heavy atom. The van der Waals surface area contributed by atoms with Crippen molar-refractivity contribution >= 4 is 15.9 Å². The van der Waals surface area contributed by atoms with Crippen molar-refractivity contribution in [2.75, 3.05) is 25.4 Å². The van der Waals surface area contributed by atoms with Gasteiger partial charge in [-0.2, -0.15) is 0 Å². The summed E-state index contributed by atoms with van der Waals surface area (Å²) in [6.45, 7) is 2.07. The fourth-order valence-corrected chi connectivity index (χ4v) is 3.90. The zero-order valence-corrected chi connectivity index (χ0v) is 14.3. The summed E-state index contributed by atoms with van der Waals surface area (Å²) >= 11 is 0. The van der Waals surface area contributed by atoms with Gasteiger partial charge in [-0.3, -0.25) is 4.79 Å². The molecule has 1 atom stereocenters. The number of rotatable bonds is 12. The second-order valence-corrected chi connectivity index (χ2v) is 8.02. The molecule has 1 unspecified atom stereocenters. The van der Waals surface area contributed by atoms with Gasteiger partial charge in [0.25, 0.3) is 0 Å². The standard InChI is InChI=1S/C15H31N3O3S/c16-9-7-5-3-1-2-4-6-8-10-18-12-14(11-15(18)19)13-22(17,20)21/h14H,1-13,16H2,(H2,17,20,21). The molecule has 22 heavy (non-hydrogen) atoms. The molecule has 1 amide bonds. The van der Waals surface area contributed by atoms with E-state index in [1.165, 1.54) is 32.1 Å². The molecule has 1 aliphatic heterocycles. The second kappa shape index (κ2) is 10.2. The van der Waals surface area contributed by atoms with Crippen LogP contribution in [-0.2, 0) is 14.8 Å². The topological polar surface area (TPSA) is 106 Å². The van der Waals surface area contributed by atoms with E-state index in [0.717, 1.165) is 32.4 Å². The summed E-state index contributed by atoms with van der Waals surface area (Å²) in [7, 11) is -3.48. The number of unbranched alkanes of at least 4 members (excludes halogenated alkanes) is 7. The van der Waals surface area contributed by atoms with Crippen molar-refractivity contribution in [3.8, 4) is 0 Å². The number of primary sulfonamides is 1. The van der Waals surface area contributed by atoms with Crippen LogP contribution >= 0.6 is 0 Å². The molecule has 0 radical (unpaired) electrons. The first kappa shape index (κ1) is 19.4. The zero-order chi connectivity index (χ0) is 16.4. The molecule has 0 aliphatic carbocycles. The number of hydrogen-bond donors (Lipinski definition) is 2. The highest BCUT2D eigenvalue weighted by Gasteiger charge is 2.31. The van der Waals surface area contributed by atoms with E-state index in [9.17, 15) is 13.2 Å². The molecule has 0 bridgehead atoms. The first-order chi connectivity index (χ1) is 10.4. The number of nitrogens with two attached hydrogens (primary N) is 2. The van der Waals surface area contributed by atoms with E-state index in [2.05, 4.69) is 0 Å². The van der Waals surface area contributed by atoms with Crippen LogP contribution in [0.15, 0.2) is 0 Å². The molecule has 1 fully saturated rings. The molecule has 0 spiro atoms. The molecule has 0 aromatic rings. The van der Waals surface area contributed by atoms with Crippen LogP contribution in [0.1, 0.15) is 57.8 Å². The number of sulfonamides is 1. The van der Waals surface area contributed by atoms with Gasteiger partial charge in [-0.15, -0.1) is 0 Å². The summed E-state index contributed by atoms with van der Waals surface area (Å²) < 4.78 is 22.1. The third-order valence-electron chi connectivity index (χ3n) is 4.14. The van der Waals surface area contributed by atoms with Crippen LogP contribution in [-0.4, -0.2) is 44.6 Å². The quantitative estimate of drug-likeness (QED) is 0.523. The van der Waals surface area contributed by atoms with Gasteiger partial charge >= 0.3 is 0 Å². The molecule has 1 aliphatic rings. The smallest absolute Gasteiger partial charge is 0.222 e. The number of likely N-dealkylation sites (tertiary alicyclic amines) is 1. The average molecular weight is 333 g/mol. The van der Waals surface area contributed by atoms with Gasteiger partial charge in [-0.1, -0.05) is 38.5 Å². The molecule has 1 saturated heterocycles. The fourth-order valence-electron chi connectivity index (χ4n) is 3.02. The first-order valence-electron chi connectivity index (χ1n) is 8.40. The average Bonchev–Trinajstić information content (AvgIpc) is 2.74. The van der Waals surface area contributed by atoms with Crippen molar-refractivity contribution in [2.24, 2.45) is 16.8 Å². The van der Waals surface area contributed by atoms with Gasteiger partial charge in [0.15, 0.2) is 0 Å². The third-order valence-corrected chi connectivity index (χ3v) is 5.08. The molecule has 1 rings (SSSR count). The third kappa shape index (κ3) is 8.70. The van der Waals surface area contributed by atoms with Crippen molar-refractivity contribution in [2.45, 2.75) is 57.8 Å². The van der Waals surface area contributed by atoms with Gasteiger partial charge < -0.3 is 10.6 Å². The lowest BCUT2D eigenvalue weighted by Gasteiger charge is -2.16. The lowest BCUT2D eigenvalue weighted by Crippen LogP contribution is -2.28. The highest BCUT2D eigenvalue weighted by atomic mass is 32.2. The van der Waals surface area contributed by atoms with Crippen LogP contribution in [0, 0.1) is 5.92 Å². The number of amides is 1. The molecule has 7 heteroatoms. The van der Waals surface area contributed by atoms with Gasteiger partial charge in [0.2, 0.25) is 15.9 Å². The molecule has 130 valence electrons. The maximum absolute atomic E-state index is 11.8. The van der Waals surface area contributed by atoms with Crippen LogP contribution in [0.4, 0.5) is 0 Å². The maximum atomic E-state index is 11.8. The molecular weight excluding hydrogens is 302 g/mol. The fraction of sp³-hybridized carbons (Fsp3) is 0.933. The molecule has 1 heterocycles. The van der Waals surface area contributed by atoms with Crippen molar-refractivity contribution < 1.29 is 13.2 Å². The summed E-state index contributed by atoms with van der Waals surface area (Å²) in [6.07, 6.45) is 9.75. The Morgan fingerprint density at radius 1 is 1.00 bits per heavy atom. The predicted molar refractivity (Wildman–Crippen MR) is 88.7 cm³/mol. The van der Waals surface area contributed by atoms with Gasteiger partial charge in [-0.25, -0.2) is 13.6 Å². The van der Waals surface area contributed by atoms with Gasteiger partial charge in [0.05, 0.1) is 5.75 Å². The zero-order valence-electron chi connectivity index (χ0n) is 13.5. The minimum Gasteiger partial charge on any atom is -0.342 e. The lowest BCUT2D eigenvalue weighted by atomic mass is 10.1. The lowest BCUT2D eigenvalue weighted by molar-refractivity contribution is -0.127. The SMILES string of the molecule is NCCCCCCCCCCN1CC(CS(N)(=O)=O)CC1=O. The van der Waals surface area contributed by atoms with Crippen molar-refractivity contribution in [1.29, 1.82) is 0 Å². The molecular formula is C15H31N3O3S. The van der Waals surface area contributed by atoms with Crippen molar-refractivity contribution in [3.05, 3.63) is 0 Å². The number of nitrogens with zero attached hydrogens (tertiary/aromatic N) is 1. The first-order valence-corrected chi connectivity index (χ1v) is 10.1. The van der Waals surface area contributed by atoms with Gasteiger partial charge in [0, 0.05) is 25.4 Å². The van der Waals surface area contributed by atoms with E-state index in [0.29, 0.717) is 13.0 Å². The predicted octanol–water partition coefficient (Wildman–Crippen LogP) is 1.20. The Kier molecular flexibility index (Phi) is 8.97. The number of carbonyl (C=O) groups is 1. The van der Waals surface area contributed by atoms with Crippen molar-refractivity contribution in [3.63, 3.8) is 0 Å². The van der Waals surface area contributed by atoms with E-state index in [4.69, 9.17) is 10.9 Å². The van der Waals surface area contributed by atoms with E-state index in [1.54, 1.807) is 4.90 Å². The summed E-state index contributed by atoms with van der Waals surface area (Å²) in [6, 6.07) is 0. The Labute approximate surface area is 134 Å². The Balaban J connectivity index is 2.04. The van der Waals surface area contributed by atoms with Crippen LogP contribution < -0.4 is 10.9 Å². The minimum absolute atomic E-state index is 0.0652. The molecule has 0 saturated carbocycles. The van der Waals surface area contributed by atoms with E-state index in [1.807, 2.05) is 0 Å². The Morgan fingerprint density at radius 3 is 2.09 bits per heavy atom. The molecule has 4 N–H and O–H groups in total. The van der Waals surface area contributed by atoms with Crippen LogP contribution in [0.25, 0.3) is 0 Å². The Hall–Kier alpha value is -0.660. The monoisotopic (exact) mass is 333 g/mol. The van der Waals surface area contributed by atoms with Crippen LogP contribution in [0.3, 0.4) is 0 Å². The number of carbonyl (C=O) groups excluding carboxylic acids is 1. The van der Waals surface area contributed by atoms with Crippen molar-refractivity contribution in [1.82, 2.24) is 4.90 Å². The van der Waals surface area contributed by atoms with Crippen LogP contribution in [0.5, 0.6) is 0 Å². The molecule has 6 nitrogen and oxygen atoms in total. The molecule has 0 aromatic carbocycles. The highest BCUT2D eigenvalue weighted by molar-refractivity contribution is 7.89. The summed E-state index contributed by atoms with van der Waals surface area (Å²) in [5.74, 6) is -0.154. The summed E-state index contributed by atoms with van der Waals surface area (Å²) in [4.78, 5) is 13.6. The van der Waals surface area contributed by atoms with Crippen LogP contribution in [0.2, 0.25) is 0 Å². The largest absolute Gasteiger partial charge is 0.342 e. The Bertz CT molecular complexity index is 426. The minimum atomic E-state index is -3.48. The maximum Gasteiger partial charge on any atom is 0.222 e. The normalized spacial score (nSPS) is 19.1. The number of hydrogen-bond acceptors (Lipinski definition) is 4. The van der Waals surface area contributed by atoms with Gasteiger partial charge in [-0.05, 0) is 19.4 Å². The highest BCUT2D eigenvalue weighted by Crippen LogP contribution is 2.19. The summed E-state index contributed by atoms with van der Waals surface area (Å²) in [5, 5.41) is 5.04. The summed E-state index contributed by atoms with van der Waals surface area (Å²) in [5.41, 5.74) is 5.45. The van der Waals surface area contributed by atoms with E-state index >= 15 is 0 Å². The van der Waals surface area contributed by atoms with Gasteiger partial charge in [0.1, 0.15) is 0 Å².